The Morgan fingerprint density at radius 1 is 1.27 bits per heavy atom. The molecule has 1 heterocycles. The zero-order chi connectivity index (χ0) is 18.9. The normalized spacial score (nSPS) is 22.1. The van der Waals surface area contributed by atoms with E-state index in [9.17, 15) is 22.8 Å². The number of halogens is 3. The Bertz CT molecular complexity index is 697. The molecule has 2 fully saturated rings. The molecule has 1 aliphatic heterocycles. The Morgan fingerprint density at radius 3 is 2.58 bits per heavy atom. The quantitative estimate of drug-likeness (QED) is 0.854. The van der Waals surface area contributed by atoms with E-state index in [0.717, 1.165) is 44.5 Å². The minimum atomic E-state index is -4.46. The summed E-state index contributed by atoms with van der Waals surface area (Å²) < 4.78 is 38.3. The Morgan fingerprint density at radius 2 is 1.96 bits per heavy atom. The molecule has 1 atom stereocenters. The summed E-state index contributed by atoms with van der Waals surface area (Å²) in [5.41, 5.74) is -0.770. The summed E-state index contributed by atoms with van der Waals surface area (Å²) in [6.45, 7) is 1.93. The van der Waals surface area contributed by atoms with Crippen molar-refractivity contribution >= 4 is 11.8 Å². The van der Waals surface area contributed by atoms with Crippen LogP contribution >= 0.6 is 0 Å². The van der Waals surface area contributed by atoms with Gasteiger partial charge in [-0.1, -0.05) is 6.07 Å². The fourth-order valence-electron chi connectivity index (χ4n) is 3.62. The van der Waals surface area contributed by atoms with Crippen LogP contribution in [-0.4, -0.2) is 49.4 Å². The lowest BCUT2D eigenvalue weighted by atomic mass is 9.92. The molecule has 1 aromatic rings. The lowest BCUT2D eigenvalue weighted by molar-refractivity contribution is -0.137. The van der Waals surface area contributed by atoms with Gasteiger partial charge in [-0.25, -0.2) is 0 Å². The number of carbonyl (C=O) groups excluding carboxylic acids is 2. The molecular weight excluding hydrogens is 347 g/mol. The molecule has 1 unspecified atom stereocenters. The second kappa shape index (κ2) is 6.90. The topological polar surface area (TPSA) is 61.4 Å². The molecule has 1 saturated carbocycles. The predicted molar refractivity (Wildman–Crippen MR) is 89.5 cm³/mol. The summed E-state index contributed by atoms with van der Waals surface area (Å²) in [7, 11) is 1.61. The molecule has 0 bridgehead atoms. The average Bonchev–Trinajstić information content (AvgIpc) is 3.27. The zero-order valence-electron chi connectivity index (χ0n) is 14.5. The molecule has 2 amide bonds. The molecule has 1 aliphatic carbocycles. The highest BCUT2D eigenvalue weighted by atomic mass is 19.4. The summed E-state index contributed by atoms with van der Waals surface area (Å²) in [6.07, 6.45) is -1.88. The first-order valence-corrected chi connectivity index (χ1v) is 8.65. The molecule has 2 aliphatic rings. The summed E-state index contributed by atoms with van der Waals surface area (Å²) in [5, 5.41) is 5.47. The Hall–Kier alpha value is -2.09. The highest BCUT2D eigenvalue weighted by molar-refractivity contribution is 5.94. The van der Waals surface area contributed by atoms with E-state index >= 15 is 0 Å². The molecule has 0 aromatic heterocycles. The SMILES string of the molecule is CNC(=O)CN1CCC2(CC1)CC2NC(=O)c1cccc(C(F)(F)F)c1. The smallest absolute Gasteiger partial charge is 0.358 e. The molecular formula is C18H22F3N3O2. The zero-order valence-corrected chi connectivity index (χ0v) is 14.5. The molecule has 5 nitrogen and oxygen atoms in total. The molecule has 1 spiro atoms. The summed E-state index contributed by atoms with van der Waals surface area (Å²) in [4.78, 5) is 25.8. The van der Waals surface area contributed by atoms with Gasteiger partial charge in [0.05, 0.1) is 12.1 Å². The van der Waals surface area contributed by atoms with E-state index in [-0.39, 0.29) is 22.9 Å². The van der Waals surface area contributed by atoms with E-state index < -0.39 is 17.6 Å². The first kappa shape index (κ1) is 18.7. The third-order valence-electron chi connectivity index (χ3n) is 5.45. The number of likely N-dealkylation sites (tertiary alicyclic amines) is 1. The van der Waals surface area contributed by atoms with E-state index in [2.05, 4.69) is 15.5 Å². The van der Waals surface area contributed by atoms with Gasteiger partial charge in [-0.2, -0.15) is 13.2 Å². The van der Waals surface area contributed by atoms with Crippen LogP contribution in [0.25, 0.3) is 0 Å². The van der Waals surface area contributed by atoms with Gasteiger partial charge in [0.15, 0.2) is 0 Å². The second-order valence-corrected chi connectivity index (χ2v) is 7.12. The van der Waals surface area contributed by atoms with Crippen molar-refractivity contribution < 1.29 is 22.8 Å². The van der Waals surface area contributed by atoms with Crippen LogP contribution in [0.5, 0.6) is 0 Å². The fraction of sp³-hybridized carbons (Fsp3) is 0.556. The number of benzene rings is 1. The molecule has 8 heteroatoms. The first-order chi connectivity index (χ1) is 12.2. The Labute approximate surface area is 149 Å². The van der Waals surface area contributed by atoms with Gasteiger partial charge in [0.2, 0.25) is 5.91 Å². The van der Waals surface area contributed by atoms with Crippen LogP contribution in [0.2, 0.25) is 0 Å². The van der Waals surface area contributed by atoms with Gasteiger partial charge in [0.1, 0.15) is 0 Å². The van der Waals surface area contributed by atoms with Gasteiger partial charge in [-0.05, 0) is 56.0 Å². The van der Waals surface area contributed by atoms with Crippen LogP contribution in [0, 0.1) is 5.41 Å². The summed E-state index contributed by atoms with van der Waals surface area (Å²) in [6, 6.07) is 4.48. The largest absolute Gasteiger partial charge is 0.416 e. The third kappa shape index (κ3) is 4.00. The van der Waals surface area contributed by atoms with Crippen LogP contribution in [0.3, 0.4) is 0 Å². The number of nitrogens with zero attached hydrogens (tertiary/aromatic N) is 1. The first-order valence-electron chi connectivity index (χ1n) is 8.65. The van der Waals surface area contributed by atoms with Crippen LogP contribution in [0.1, 0.15) is 35.2 Å². The lowest BCUT2D eigenvalue weighted by Crippen LogP contribution is -2.43. The predicted octanol–water partition coefficient (Wildman–Crippen LogP) is 2.04. The average molecular weight is 369 g/mol. The van der Waals surface area contributed by atoms with Crippen molar-refractivity contribution in [1.29, 1.82) is 0 Å². The second-order valence-electron chi connectivity index (χ2n) is 7.12. The van der Waals surface area contributed by atoms with Gasteiger partial charge in [-0.15, -0.1) is 0 Å². The molecule has 3 rings (SSSR count). The van der Waals surface area contributed by atoms with Crippen LogP contribution in [0.4, 0.5) is 13.2 Å². The van der Waals surface area contributed by atoms with E-state index in [1.807, 2.05) is 0 Å². The van der Waals surface area contributed by atoms with Crippen LogP contribution in [0.15, 0.2) is 24.3 Å². The number of hydrogen-bond donors (Lipinski definition) is 2. The third-order valence-corrected chi connectivity index (χ3v) is 5.45. The van der Waals surface area contributed by atoms with E-state index in [0.29, 0.717) is 6.54 Å². The summed E-state index contributed by atoms with van der Waals surface area (Å²) >= 11 is 0. The van der Waals surface area contributed by atoms with Crippen LogP contribution < -0.4 is 10.6 Å². The van der Waals surface area contributed by atoms with E-state index in [4.69, 9.17) is 0 Å². The van der Waals surface area contributed by atoms with Crippen molar-refractivity contribution in [3.8, 4) is 0 Å². The monoisotopic (exact) mass is 369 g/mol. The van der Waals surface area contributed by atoms with Crippen molar-refractivity contribution in [2.24, 2.45) is 5.41 Å². The number of alkyl halides is 3. The number of carbonyl (C=O) groups is 2. The number of hydrogen-bond acceptors (Lipinski definition) is 3. The molecule has 1 aromatic carbocycles. The maximum atomic E-state index is 12.8. The number of nitrogens with one attached hydrogen (secondary N) is 2. The minimum Gasteiger partial charge on any atom is -0.358 e. The van der Waals surface area contributed by atoms with Gasteiger partial charge in [0.25, 0.3) is 5.91 Å². The van der Waals surface area contributed by atoms with E-state index in [1.165, 1.54) is 12.1 Å². The Balaban J connectivity index is 1.54. The van der Waals surface area contributed by atoms with Crippen molar-refractivity contribution in [2.75, 3.05) is 26.7 Å². The van der Waals surface area contributed by atoms with Crippen LogP contribution in [-0.2, 0) is 11.0 Å². The lowest BCUT2D eigenvalue weighted by Gasteiger charge is -2.32. The maximum Gasteiger partial charge on any atom is 0.416 e. The van der Waals surface area contributed by atoms with Crippen molar-refractivity contribution in [3.05, 3.63) is 35.4 Å². The standard InChI is InChI=1S/C18H22F3N3O2/c1-22-15(25)11-24-7-5-17(6-8-24)10-14(17)23-16(26)12-3-2-4-13(9-12)18(19,20)21/h2-4,9,14H,5-8,10-11H2,1H3,(H,22,25)(H,23,26). The molecule has 1 saturated heterocycles. The van der Waals surface area contributed by atoms with Gasteiger partial charge < -0.3 is 10.6 Å². The van der Waals surface area contributed by atoms with E-state index in [1.54, 1.807) is 7.05 Å². The number of rotatable bonds is 4. The minimum absolute atomic E-state index is 0.00769. The number of piperidine rings is 1. The van der Waals surface area contributed by atoms with Crippen molar-refractivity contribution in [3.63, 3.8) is 0 Å². The Kier molecular flexibility index (Phi) is 4.96. The highest BCUT2D eigenvalue weighted by Gasteiger charge is 2.55. The fourth-order valence-corrected chi connectivity index (χ4v) is 3.62. The van der Waals surface area contributed by atoms with Gasteiger partial charge >= 0.3 is 6.18 Å². The highest BCUT2D eigenvalue weighted by Crippen LogP contribution is 2.53. The maximum absolute atomic E-state index is 12.8. The van der Waals surface area contributed by atoms with Gasteiger partial charge in [-0.3, -0.25) is 14.5 Å². The van der Waals surface area contributed by atoms with Crippen molar-refractivity contribution in [2.45, 2.75) is 31.5 Å². The summed E-state index contributed by atoms with van der Waals surface area (Å²) in [5.74, 6) is -0.489. The molecule has 0 radical (unpaired) electrons. The number of amides is 2. The molecule has 142 valence electrons. The molecule has 26 heavy (non-hydrogen) atoms. The number of likely N-dealkylation sites (N-methyl/N-ethyl adjacent to an activating group) is 1. The molecule has 2 N–H and O–H groups in total. The van der Waals surface area contributed by atoms with Crippen molar-refractivity contribution in [1.82, 2.24) is 15.5 Å². The van der Waals surface area contributed by atoms with Gasteiger partial charge in [0, 0.05) is 18.7 Å².